The van der Waals surface area contributed by atoms with Gasteiger partial charge in [0.1, 0.15) is 0 Å². The molecule has 0 aliphatic carbocycles. The van der Waals surface area contributed by atoms with Crippen molar-refractivity contribution in [3.05, 3.63) is 205 Å². The molecule has 0 bridgehead atoms. The lowest BCUT2D eigenvalue weighted by Gasteiger charge is -2.14. The van der Waals surface area contributed by atoms with E-state index in [0.29, 0.717) is 5.82 Å². The van der Waals surface area contributed by atoms with Crippen molar-refractivity contribution in [2.45, 2.75) is 13.8 Å². The van der Waals surface area contributed by atoms with E-state index >= 15 is 0 Å². The van der Waals surface area contributed by atoms with E-state index in [0.717, 1.165) is 39.2 Å². The van der Waals surface area contributed by atoms with Crippen molar-refractivity contribution in [1.82, 2.24) is 9.97 Å². The quantitative estimate of drug-likeness (QED) is 0.160. The number of nitrogens with zero attached hydrogens (tertiary/aromatic N) is 2. The van der Waals surface area contributed by atoms with Crippen molar-refractivity contribution >= 4 is 32.3 Å². The van der Waals surface area contributed by atoms with Gasteiger partial charge in [-0.25, -0.2) is 9.97 Å². The van der Waals surface area contributed by atoms with E-state index in [2.05, 4.69) is 184 Å². The molecule has 2 heteroatoms. The first-order valence-electron chi connectivity index (χ1n) is 19.2. The van der Waals surface area contributed by atoms with Crippen LogP contribution in [0.5, 0.6) is 0 Å². The SMILES string of the molecule is Cc1ccc2c(c1)c1ccc(C)cc1c1ccc(-c3cccc(-c4cccc(-c5cccc(-c6cc(-c7ccccc7)nc(-c7ccccc7)n6)c5)c4)c3)cc21. The fraction of sp³-hybridized carbons (Fsp3) is 0.0370. The molecule has 1 aromatic heterocycles. The maximum atomic E-state index is 5.08. The van der Waals surface area contributed by atoms with Gasteiger partial charge in [0.25, 0.3) is 0 Å². The predicted octanol–water partition coefficient (Wildman–Crippen LogP) is 14.6. The Hall–Kier alpha value is -7.16. The second kappa shape index (κ2) is 13.9. The molecule has 2 nitrogen and oxygen atoms in total. The molecular formula is C54H38N2. The molecule has 0 atom stereocenters. The third-order valence-corrected chi connectivity index (χ3v) is 11.0. The molecule has 0 aliphatic rings. The van der Waals surface area contributed by atoms with Crippen LogP contribution in [0, 0.1) is 13.8 Å². The molecule has 0 radical (unpaired) electrons. The fourth-order valence-corrected chi connectivity index (χ4v) is 8.10. The summed E-state index contributed by atoms with van der Waals surface area (Å²) in [5, 5.41) is 7.82. The highest BCUT2D eigenvalue weighted by Gasteiger charge is 2.14. The van der Waals surface area contributed by atoms with Gasteiger partial charge in [-0.05, 0) is 110 Å². The van der Waals surface area contributed by atoms with Gasteiger partial charge in [0.15, 0.2) is 5.82 Å². The van der Waals surface area contributed by atoms with Crippen molar-refractivity contribution in [1.29, 1.82) is 0 Å². The largest absolute Gasteiger partial charge is 0.228 e. The average Bonchev–Trinajstić information content (AvgIpc) is 3.27. The van der Waals surface area contributed by atoms with Crippen molar-refractivity contribution in [2.24, 2.45) is 0 Å². The summed E-state index contributed by atoms with van der Waals surface area (Å²) >= 11 is 0. The van der Waals surface area contributed by atoms with Crippen LogP contribution in [-0.2, 0) is 0 Å². The summed E-state index contributed by atoms with van der Waals surface area (Å²) < 4.78 is 0. The lowest BCUT2D eigenvalue weighted by Crippen LogP contribution is -1.96. The Kier molecular flexibility index (Phi) is 8.30. The van der Waals surface area contributed by atoms with E-state index in [1.807, 2.05) is 24.3 Å². The van der Waals surface area contributed by atoms with Crippen LogP contribution in [0.2, 0.25) is 0 Å². The highest BCUT2D eigenvalue weighted by atomic mass is 14.9. The Bertz CT molecular complexity index is 2990. The van der Waals surface area contributed by atoms with Gasteiger partial charge in [0.05, 0.1) is 11.4 Å². The van der Waals surface area contributed by atoms with Crippen molar-refractivity contribution in [2.75, 3.05) is 0 Å². The third-order valence-electron chi connectivity index (χ3n) is 11.0. The summed E-state index contributed by atoms with van der Waals surface area (Å²) in [6.45, 7) is 4.36. The van der Waals surface area contributed by atoms with Gasteiger partial charge in [-0.3, -0.25) is 0 Å². The Morgan fingerprint density at radius 1 is 0.250 bits per heavy atom. The summed E-state index contributed by atoms with van der Waals surface area (Å²) in [6.07, 6.45) is 0. The normalized spacial score (nSPS) is 11.4. The van der Waals surface area contributed by atoms with Crippen LogP contribution in [0.15, 0.2) is 194 Å². The van der Waals surface area contributed by atoms with Gasteiger partial charge in [-0.1, -0.05) is 175 Å². The number of rotatable bonds is 6. The van der Waals surface area contributed by atoms with Gasteiger partial charge in [0, 0.05) is 16.7 Å². The molecule has 0 saturated heterocycles. The number of hydrogen-bond donors (Lipinski definition) is 0. The predicted molar refractivity (Wildman–Crippen MR) is 237 cm³/mol. The molecule has 0 N–H and O–H groups in total. The smallest absolute Gasteiger partial charge is 0.160 e. The van der Waals surface area contributed by atoms with Gasteiger partial charge in [0.2, 0.25) is 0 Å². The highest BCUT2D eigenvalue weighted by molar-refractivity contribution is 6.26. The van der Waals surface area contributed by atoms with Crippen molar-refractivity contribution in [3.8, 4) is 67.3 Å². The lowest BCUT2D eigenvalue weighted by atomic mass is 9.90. The Morgan fingerprint density at radius 3 is 1.14 bits per heavy atom. The Morgan fingerprint density at radius 2 is 0.625 bits per heavy atom. The number of aromatic nitrogens is 2. The topological polar surface area (TPSA) is 25.8 Å². The van der Waals surface area contributed by atoms with E-state index in [4.69, 9.17) is 9.97 Å². The van der Waals surface area contributed by atoms with E-state index < -0.39 is 0 Å². The van der Waals surface area contributed by atoms with Crippen LogP contribution in [0.25, 0.3) is 99.6 Å². The molecule has 10 rings (SSSR count). The van der Waals surface area contributed by atoms with Crippen LogP contribution >= 0.6 is 0 Å². The highest BCUT2D eigenvalue weighted by Crippen LogP contribution is 2.39. The van der Waals surface area contributed by atoms with Crippen LogP contribution < -0.4 is 0 Å². The Balaban J connectivity index is 1.02. The van der Waals surface area contributed by atoms with Crippen molar-refractivity contribution in [3.63, 3.8) is 0 Å². The molecule has 264 valence electrons. The molecule has 1 heterocycles. The lowest BCUT2D eigenvalue weighted by molar-refractivity contribution is 1.18. The average molecular weight is 715 g/mol. The molecule has 0 aliphatic heterocycles. The zero-order valence-electron chi connectivity index (χ0n) is 31.4. The van der Waals surface area contributed by atoms with Crippen LogP contribution in [0.1, 0.15) is 11.1 Å². The second-order valence-corrected chi connectivity index (χ2v) is 14.8. The number of aryl methyl sites for hydroxylation is 2. The minimum atomic E-state index is 0.715. The maximum absolute atomic E-state index is 5.08. The summed E-state index contributed by atoms with van der Waals surface area (Å²) in [4.78, 5) is 10.1. The Labute approximate surface area is 327 Å². The first kappa shape index (κ1) is 33.4. The maximum Gasteiger partial charge on any atom is 0.160 e. The zero-order valence-corrected chi connectivity index (χ0v) is 31.4. The molecule has 0 fully saturated rings. The summed E-state index contributed by atoms with van der Waals surface area (Å²) in [6, 6.07) is 69.8. The summed E-state index contributed by atoms with van der Waals surface area (Å²) in [5.74, 6) is 0.715. The summed E-state index contributed by atoms with van der Waals surface area (Å²) in [7, 11) is 0. The monoisotopic (exact) mass is 714 g/mol. The molecule has 0 amide bonds. The van der Waals surface area contributed by atoms with Gasteiger partial charge in [-0.2, -0.15) is 0 Å². The van der Waals surface area contributed by atoms with Crippen molar-refractivity contribution < 1.29 is 0 Å². The first-order chi connectivity index (χ1) is 27.5. The van der Waals surface area contributed by atoms with E-state index in [9.17, 15) is 0 Å². The standard InChI is InChI=1S/C54H38N2/c1-35-22-25-46-49-28-36(2)23-26-47(49)51-33-44(24-27-48(51)50(46)29-35)42-19-10-17-40(31-42)39-16-9-18-41(30-39)43-20-11-21-45(32-43)53-34-52(37-12-5-3-6-13-37)55-54(56-53)38-14-7-4-8-15-38/h3-34H,1-2H3. The fourth-order valence-electron chi connectivity index (χ4n) is 8.10. The molecule has 56 heavy (non-hydrogen) atoms. The third kappa shape index (κ3) is 6.22. The van der Waals surface area contributed by atoms with Crippen LogP contribution in [0.3, 0.4) is 0 Å². The second-order valence-electron chi connectivity index (χ2n) is 14.8. The van der Waals surface area contributed by atoms with Gasteiger partial charge in [-0.15, -0.1) is 0 Å². The zero-order chi connectivity index (χ0) is 37.6. The van der Waals surface area contributed by atoms with Gasteiger partial charge >= 0.3 is 0 Å². The van der Waals surface area contributed by atoms with E-state index in [1.165, 1.54) is 65.7 Å². The minimum Gasteiger partial charge on any atom is -0.228 e. The van der Waals surface area contributed by atoms with E-state index in [1.54, 1.807) is 0 Å². The number of hydrogen-bond acceptors (Lipinski definition) is 2. The molecule has 0 spiro atoms. The van der Waals surface area contributed by atoms with E-state index in [-0.39, 0.29) is 0 Å². The number of benzene rings is 9. The molecular weight excluding hydrogens is 677 g/mol. The number of fused-ring (bicyclic) bond motifs is 6. The van der Waals surface area contributed by atoms with Gasteiger partial charge < -0.3 is 0 Å². The first-order valence-corrected chi connectivity index (χ1v) is 19.2. The molecule has 9 aromatic carbocycles. The molecule has 10 aromatic rings. The summed E-state index contributed by atoms with van der Waals surface area (Å²) in [5.41, 5.74) is 14.5. The molecule has 0 unspecified atom stereocenters. The minimum absolute atomic E-state index is 0.715. The molecule has 0 saturated carbocycles. The van der Waals surface area contributed by atoms with Crippen LogP contribution in [-0.4, -0.2) is 9.97 Å². The van der Waals surface area contributed by atoms with Crippen LogP contribution in [0.4, 0.5) is 0 Å².